The first-order valence-electron chi connectivity index (χ1n) is 6.01. The molecule has 0 aliphatic carbocycles. The highest BCUT2D eigenvalue weighted by molar-refractivity contribution is 6.35. The third-order valence-corrected chi connectivity index (χ3v) is 3.41. The van der Waals surface area contributed by atoms with Gasteiger partial charge in [-0.25, -0.2) is 4.39 Å². The van der Waals surface area contributed by atoms with Crippen LogP contribution in [0.15, 0.2) is 36.4 Å². The molecule has 0 bridgehead atoms. The standard InChI is InChI=1S/C15H13Cl2FO2/c1-9(19)13-5-4-12(18)7-15(13)20-8-10-2-3-11(16)6-14(10)17/h2-7,9,19H,8H2,1H3/t9-/m1/s1. The lowest BCUT2D eigenvalue weighted by molar-refractivity contribution is 0.190. The summed E-state index contributed by atoms with van der Waals surface area (Å²) in [5.74, 6) is -0.127. The van der Waals surface area contributed by atoms with Gasteiger partial charge in [-0.2, -0.15) is 0 Å². The zero-order valence-corrected chi connectivity index (χ0v) is 12.2. The summed E-state index contributed by atoms with van der Waals surface area (Å²) in [6.45, 7) is 1.76. The molecule has 5 heteroatoms. The van der Waals surface area contributed by atoms with Crippen molar-refractivity contribution in [2.24, 2.45) is 0 Å². The monoisotopic (exact) mass is 314 g/mol. The second-order valence-corrected chi connectivity index (χ2v) is 5.23. The molecular weight excluding hydrogens is 302 g/mol. The Kier molecular flexibility index (Phi) is 4.86. The van der Waals surface area contributed by atoms with Crippen LogP contribution in [-0.4, -0.2) is 5.11 Å². The van der Waals surface area contributed by atoms with Crippen LogP contribution in [0.25, 0.3) is 0 Å². The van der Waals surface area contributed by atoms with E-state index in [0.29, 0.717) is 21.4 Å². The molecule has 2 aromatic carbocycles. The summed E-state index contributed by atoms with van der Waals surface area (Å²) < 4.78 is 18.8. The van der Waals surface area contributed by atoms with Gasteiger partial charge in [-0.3, -0.25) is 0 Å². The maximum Gasteiger partial charge on any atom is 0.128 e. The number of rotatable bonds is 4. The predicted octanol–water partition coefficient (Wildman–Crippen LogP) is 4.76. The molecule has 0 aromatic heterocycles. The largest absolute Gasteiger partial charge is 0.488 e. The number of aliphatic hydroxyl groups is 1. The average molecular weight is 315 g/mol. The van der Waals surface area contributed by atoms with Gasteiger partial charge in [0.25, 0.3) is 0 Å². The molecule has 0 fully saturated rings. The van der Waals surface area contributed by atoms with Crippen molar-refractivity contribution < 1.29 is 14.2 Å². The molecule has 0 aliphatic rings. The van der Waals surface area contributed by atoms with Gasteiger partial charge in [0.05, 0.1) is 6.10 Å². The van der Waals surface area contributed by atoms with Crippen LogP contribution in [0.4, 0.5) is 4.39 Å². The Morgan fingerprint density at radius 3 is 2.60 bits per heavy atom. The summed E-state index contributed by atoms with van der Waals surface area (Å²) in [7, 11) is 0. The molecule has 2 rings (SSSR count). The van der Waals surface area contributed by atoms with Crippen LogP contribution in [0.5, 0.6) is 5.75 Å². The van der Waals surface area contributed by atoms with E-state index in [1.165, 1.54) is 18.2 Å². The third-order valence-electron chi connectivity index (χ3n) is 2.82. The molecule has 0 unspecified atom stereocenters. The highest BCUT2D eigenvalue weighted by Gasteiger charge is 2.11. The summed E-state index contributed by atoms with van der Waals surface area (Å²) in [5.41, 5.74) is 1.26. The minimum Gasteiger partial charge on any atom is -0.488 e. The molecule has 0 saturated heterocycles. The maximum absolute atomic E-state index is 13.3. The van der Waals surface area contributed by atoms with Crippen molar-refractivity contribution in [1.29, 1.82) is 0 Å². The van der Waals surface area contributed by atoms with Crippen molar-refractivity contribution in [2.75, 3.05) is 0 Å². The van der Waals surface area contributed by atoms with E-state index in [-0.39, 0.29) is 6.61 Å². The Morgan fingerprint density at radius 1 is 1.20 bits per heavy atom. The molecular formula is C15H13Cl2FO2. The van der Waals surface area contributed by atoms with Gasteiger partial charge in [-0.05, 0) is 31.2 Å². The molecule has 2 aromatic rings. The molecule has 106 valence electrons. The summed E-state index contributed by atoms with van der Waals surface area (Å²) in [5, 5.41) is 10.7. The quantitative estimate of drug-likeness (QED) is 0.881. The van der Waals surface area contributed by atoms with Crippen molar-refractivity contribution in [3.8, 4) is 5.75 Å². The first kappa shape index (κ1) is 15.1. The fourth-order valence-corrected chi connectivity index (χ4v) is 2.24. The van der Waals surface area contributed by atoms with E-state index in [2.05, 4.69) is 0 Å². The lowest BCUT2D eigenvalue weighted by Crippen LogP contribution is -2.02. The summed E-state index contributed by atoms with van der Waals surface area (Å²) >= 11 is 11.9. The van der Waals surface area contributed by atoms with E-state index in [4.69, 9.17) is 27.9 Å². The van der Waals surface area contributed by atoms with E-state index in [1.807, 2.05) is 0 Å². The molecule has 0 spiro atoms. The van der Waals surface area contributed by atoms with Crippen molar-refractivity contribution in [3.63, 3.8) is 0 Å². The van der Waals surface area contributed by atoms with Crippen molar-refractivity contribution in [2.45, 2.75) is 19.6 Å². The Morgan fingerprint density at radius 2 is 1.95 bits per heavy atom. The highest BCUT2D eigenvalue weighted by Crippen LogP contribution is 2.28. The van der Waals surface area contributed by atoms with Crippen molar-refractivity contribution in [1.82, 2.24) is 0 Å². The molecule has 20 heavy (non-hydrogen) atoms. The van der Waals surface area contributed by atoms with Crippen molar-refractivity contribution >= 4 is 23.2 Å². The van der Waals surface area contributed by atoms with Crippen LogP contribution < -0.4 is 4.74 Å². The van der Waals surface area contributed by atoms with Gasteiger partial charge in [-0.15, -0.1) is 0 Å². The van der Waals surface area contributed by atoms with E-state index >= 15 is 0 Å². The first-order valence-corrected chi connectivity index (χ1v) is 6.77. The Labute approximate surface area is 126 Å². The van der Waals surface area contributed by atoms with Gasteiger partial charge in [0.1, 0.15) is 18.2 Å². The second-order valence-electron chi connectivity index (χ2n) is 4.38. The van der Waals surface area contributed by atoms with E-state index < -0.39 is 11.9 Å². The minimum absolute atomic E-state index is 0.166. The third kappa shape index (κ3) is 3.63. The summed E-state index contributed by atoms with van der Waals surface area (Å²) in [6.07, 6.45) is -0.744. The fraction of sp³-hybridized carbons (Fsp3) is 0.200. The molecule has 0 heterocycles. The molecule has 0 aliphatic heterocycles. The second kappa shape index (κ2) is 6.44. The van der Waals surface area contributed by atoms with Crippen LogP contribution >= 0.6 is 23.2 Å². The van der Waals surface area contributed by atoms with Crippen LogP contribution in [0.1, 0.15) is 24.2 Å². The lowest BCUT2D eigenvalue weighted by atomic mass is 10.1. The van der Waals surface area contributed by atoms with Crippen LogP contribution in [0.2, 0.25) is 10.0 Å². The molecule has 0 radical (unpaired) electrons. The molecule has 0 amide bonds. The van der Waals surface area contributed by atoms with E-state index in [1.54, 1.807) is 25.1 Å². The van der Waals surface area contributed by atoms with Crippen LogP contribution in [-0.2, 0) is 6.61 Å². The van der Waals surface area contributed by atoms with Crippen LogP contribution in [0, 0.1) is 5.82 Å². The minimum atomic E-state index is -0.744. The normalized spacial score (nSPS) is 12.2. The number of aliphatic hydroxyl groups excluding tert-OH is 1. The van der Waals surface area contributed by atoms with Gasteiger partial charge in [0.15, 0.2) is 0 Å². The SMILES string of the molecule is C[C@@H](O)c1ccc(F)cc1OCc1ccc(Cl)cc1Cl. The van der Waals surface area contributed by atoms with Gasteiger partial charge >= 0.3 is 0 Å². The molecule has 0 saturated carbocycles. The summed E-state index contributed by atoms with van der Waals surface area (Å²) in [4.78, 5) is 0. The number of ether oxygens (including phenoxy) is 1. The zero-order valence-electron chi connectivity index (χ0n) is 10.7. The van der Waals surface area contributed by atoms with Gasteiger partial charge in [0, 0.05) is 27.2 Å². The van der Waals surface area contributed by atoms with Gasteiger partial charge in [0.2, 0.25) is 0 Å². The average Bonchev–Trinajstić information content (AvgIpc) is 2.37. The number of benzene rings is 2. The molecule has 1 N–H and O–H groups in total. The number of hydrogen-bond donors (Lipinski definition) is 1. The van der Waals surface area contributed by atoms with Gasteiger partial charge < -0.3 is 9.84 Å². The highest BCUT2D eigenvalue weighted by atomic mass is 35.5. The van der Waals surface area contributed by atoms with Crippen LogP contribution in [0.3, 0.4) is 0 Å². The number of hydrogen-bond acceptors (Lipinski definition) is 2. The molecule has 1 atom stereocenters. The Hall–Kier alpha value is -1.29. The van der Waals surface area contributed by atoms with E-state index in [9.17, 15) is 9.50 Å². The smallest absolute Gasteiger partial charge is 0.128 e. The number of halogens is 3. The van der Waals surface area contributed by atoms with Gasteiger partial charge in [-0.1, -0.05) is 29.3 Å². The first-order chi connectivity index (χ1) is 9.47. The lowest BCUT2D eigenvalue weighted by Gasteiger charge is -2.14. The molecule has 2 nitrogen and oxygen atoms in total. The zero-order chi connectivity index (χ0) is 14.7. The Bertz CT molecular complexity index is 615. The predicted molar refractivity (Wildman–Crippen MR) is 77.8 cm³/mol. The Balaban J connectivity index is 2.20. The summed E-state index contributed by atoms with van der Waals surface area (Å²) in [6, 6.07) is 9.08. The van der Waals surface area contributed by atoms with Crippen molar-refractivity contribution in [3.05, 3.63) is 63.4 Å². The topological polar surface area (TPSA) is 29.5 Å². The maximum atomic E-state index is 13.3. The van der Waals surface area contributed by atoms with E-state index in [0.717, 1.165) is 5.56 Å². The fourth-order valence-electron chi connectivity index (χ4n) is 1.77.